The largest absolute Gasteiger partial charge is 0.370 e. The normalized spacial score (nSPS) is 9.93. The van der Waals surface area contributed by atoms with Crippen LogP contribution in [0.15, 0.2) is 16.7 Å². The minimum absolute atomic E-state index is 0.190. The van der Waals surface area contributed by atoms with Gasteiger partial charge in [0.15, 0.2) is 0 Å². The van der Waals surface area contributed by atoms with E-state index in [0.717, 1.165) is 4.47 Å². The molecule has 4 N–H and O–H groups in total. The van der Waals surface area contributed by atoms with Crippen LogP contribution < -0.4 is 11.1 Å². The van der Waals surface area contributed by atoms with Crippen molar-refractivity contribution >= 4 is 27.7 Å². The van der Waals surface area contributed by atoms with E-state index >= 15 is 0 Å². The molecule has 82 valence electrons. The molecule has 0 unspecified atom stereocenters. The second-order valence-corrected chi connectivity index (χ2v) is 3.97. The quantitative estimate of drug-likeness (QED) is 0.692. The summed E-state index contributed by atoms with van der Waals surface area (Å²) in [4.78, 5) is 24.6. The highest BCUT2D eigenvalue weighted by atomic mass is 79.9. The van der Waals surface area contributed by atoms with Crippen molar-refractivity contribution in [1.29, 1.82) is 0 Å². The number of rotatable bonds is 5. The number of aromatic amines is 1. The van der Waals surface area contributed by atoms with Gasteiger partial charge < -0.3 is 16.0 Å². The first-order chi connectivity index (χ1) is 7.09. The summed E-state index contributed by atoms with van der Waals surface area (Å²) >= 11 is 3.23. The average Bonchev–Trinajstić information content (AvgIpc) is 2.59. The lowest BCUT2D eigenvalue weighted by Crippen LogP contribution is -2.25. The molecule has 0 spiro atoms. The van der Waals surface area contributed by atoms with Crippen molar-refractivity contribution in [3.63, 3.8) is 0 Å². The zero-order valence-corrected chi connectivity index (χ0v) is 9.63. The maximum Gasteiger partial charge on any atom is 0.267 e. The fraction of sp³-hybridized carbons (Fsp3) is 0.333. The van der Waals surface area contributed by atoms with E-state index in [9.17, 15) is 9.59 Å². The van der Waals surface area contributed by atoms with Crippen LogP contribution in [0.2, 0.25) is 0 Å². The Hall–Kier alpha value is -1.30. The number of carbonyl (C=O) groups excluding carboxylic acids is 2. The van der Waals surface area contributed by atoms with Gasteiger partial charge in [-0.2, -0.15) is 0 Å². The fourth-order valence-corrected chi connectivity index (χ4v) is 1.40. The number of amides is 2. The highest BCUT2D eigenvalue weighted by molar-refractivity contribution is 9.10. The summed E-state index contributed by atoms with van der Waals surface area (Å²) in [6.45, 7) is 0.443. The van der Waals surface area contributed by atoms with Gasteiger partial charge in [-0.1, -0.05) is 0 Å². The Morgan fingerprint density at radius 1 is 1.53 bits per heavy atom. The van der Waals surface area contributed by atoms with E-state index in [-0.39, 0.29) is 18.2 Å². The molecule has 0 fully saturated rings. The van der Waals surface area contributed by atoms with Crippen LogP contribution in [0.5, 0.6) is 0 Å². The van der Waals surface area contributed by atoms with Crippen molar-refractivity contribution < 1.29 is 9.59 Å². The number of aromatic nitrogens is 1. The van der Waals surface area contributed by atoms with Crippen LogP contribution in [-0.2, 0) is 4.79 Å². The molecule has 1 rings (SSSR count). The van der Waals surface area contributed by atoms with E-state index in [1.165, 1.54) is 0 Å². The third-order valence-electron chi connectivity index (χ3n) is 1.78. The second-order valence-electron chi connectivity index (χ2n) is 3.06. The van der Waals surface area contributed by atoms with Crippen molar-refractivity contribution in [2.45, 2.75) is 12.8 Å². The molecule has 2 amide bonds. The lowest BCUT2D eigenvalue weighted by molar-refractivity contribution is -0.118. The molecule has 0 atom stereocenters. The van der Waals surface area contributed by atoms with E-state index in [4.69, 9.17) is 5.73 Å². The Morgan fingerprint density at radius 3 is 2.80 bits per heavy atom. The van der Waals surface area contributed by atoms with Crippen LogP contribution >= 0.6 is 15.9 Å². The summed E-state index contributed by atoms with van der Waals surface area (Å²) in [5.74, 6) is -0.544. The van der Waals surface area contributed by atoms with Gasteiger partial charge in [-0.25, -0.2) is 0 Å². The maximum absolute atomic E-state index is 11.4. The Balaban J connectivity index is 2.28. The number of halogens is 1. The van der Waals surface area contributed by atoms with Crippen LogP contribution in [0.3, 0.4) is 0 Å². The van der Waals surface area contributed by atoms with Gasteiger partial charge in [0, 0.05) is 23.6 Å². The monoisotopic (exact) mass is 273 g/mol. The summed E-state index contributed by atoms with van der Waals surface area (Å²) in [7, 11) is 0. The summed E-state index contributed by atoms with van der Waals surface area (Å²) in [5.41, 5.74) is 5.45. The van der Waals surface area contributed by atoms with E-state index in [1.807, 2.05) is 0 Å². The molecule has 1 heterocycles. The smallest absolute Gasteiger partial charge is 0.267 e. The minimum Gasteiger partial charge on any atom is -0.370 e. The predicted octanol–water partition coefficient (Wildman–Crippen LogP) is 0.772. The van der Waals surface area contributed by atoms with E-state index < -0.39 is 0 Å². The SMILES string of the molecule is NC(=O)CCCNC(=O)c1cc(Br)c[nH]1. The molecular formula is C9H12BrN3O2. The third-order valence-corrected chi connectivity index (χ3v) is 2.24. The molecule has 0 radical (unpaired) electrons. The van der Waals surface area contributed by atoms with Crippen molar-refractivity contribution in [1.82, 2.24) is 10.3 Å². The fourth-order valence-electron chi connectivity index (χ4n) is 1.06. The number of H-pyrrole nitrogens is 1. The average molecular weight is 274 g/mol. The molecule has 0 aromatic carbocycles. The Bertz CT molecular complexity index is 362. The van der Waals surface area contributed by atoms with E-state index in [0.29, 0.717) is 18.7 Å². The number of nitrogens with one attached hydrogen (secondary N) is 2. The van der Waals surface area contributed by atoms with Gasteiger partial charge in [0.25, 0.3) is 5.91 Å². The molecule has 1 aromatic rings. The van der Waals surface area contributed by atoms with Crippen molar-refractivity contribution in [3.8, 4) is 0 Å². The molecule has 0 bridgehead atoms. The number of carbonyl (C=O) groups is 2. The highest BCUT2D eigenvalue weighted by Crippen LogP contribution is 2.10. The molecule has 5 nitrogen and oxygen atoms in total. The lowest BCUT2D eigenvalue weighted by atomic mass is 10.3. The second kappa shape index (κ2) is 5.55. The van der Waals surface area contributed by atoms with Crippen LogP contribution in [-0.4, -0.2) is 23.3 Å². The number of hydrogen-bond acceptors (Lipinski definition) is 2. The van der Waals surface area contributed by atoms with Crippen molar-refractivity contribution in [3.05, 3.63) is 22.4 Å². The standard InChI is InChI=1S/C9H12BrN3O2/c10-6-4-7(13-5-6)9(15)12-3-1-2-8(11)14/h4-5,13H,1-3H2,(H2,11,14)(H,12,15). The van der Waals surface area contributed by atoms with Gasteiger partial charge in [-0.15, -0.1) is 0 Å². The van der Waals surface area contributed by atoms with Gasteiger partial charge in [0.2, 0.25) is 5.91 Å². The molecule has 6 heteroatoms. The Labute approximate surface area is 95.5 Å². The number of nitrogens with two attached hydrogens (primary N) is 1. The van der Waals surface area contributed by atoms with Crippen molar-refractivity contribution in [2.75, 3.05) is 6.54 Å². The molecule has 15 heavy (non-hydrogen) atoms. The van der Waals surface area contributed by atoms with Gasteiger partial charge in [-0.3, -0.25) is 9.59 Å². The lowest BCUT2D eigenvalue weighted by Gasteiger charge is -2.01. The van der Waals surface area contributed by atoms with Crippen molar-refractivity contribution in [2.24, 2.45) is 5.73 Å². The molecule has 0 aliphatic rings. The van der Waals surface area contributed by atoms with Crippen LogP contribution in [0.1, 0.15) is 23.3 Å². The Kier molecular flexibility index (Phi) is 4.36. The molecule has 0 saturated heterocycles. The molecule has 1 aromatic heterocycles. The first kappa shape index (κ1) is 11.8. The van der Waals surface area contributed by atoms with Gasteiger partial charge >= 0.3 is 0 Å². The van der Waals surface area contributed by atoms with Crippen LogP contribution in [0.4, 0.5) is 0 Å². The molecular weight excluding hydrogens is 262 g/mol. The maximum atomic E-state index is 11.4. The highest BCUT2D eigenvalue weighted by Gasteiger charge is 2.06. The Morgan fingerprint density at radius 2 is 2.27 bits per heavy atom. The third kappa shape index (κ3) is 4.16. The topological polar surface area (TPSA) is 88.0 Å². The first-order valence-corrected chi connectivity index (χ1v) is 5.29. The molecule has 0 aliphatic carbocycles. The van der Waals surface area contributed by atoms with Gasteiger partial charge in [0.05, 0.1) is 0 Å². The van der Waals surface area contributed by atoms with Crippen LogP contribution in [0, 0.1) is 0 Å². The zero-order valence-electron chi connectivity index (χ0n) is 8.05. The summed E-state index contributed by atoms with van der Waals surface area (Å²) in [5, 5.41) is 2.67. The van der Waals surface area contributed by atoms with Gasteiger partial charge in [0.1, 0.15) is 5.69 Å². The molecule has 0 saturated carbocycles. The van der Waals surface area contributed by atoms with E-state index in [1.54, 1.807) is 12.3 Å². The minimum atomic E-state index is -0.355. The summed E-state index contributed by atoms with van der Waals surface area (Å²) in [6, 6.07) is 1.68. The number of hydrogen-bond donors (Lipinski definition) is 3. The van der Waals surface area contributed by atoms with Gasteiger partial charge in [-0.05, 0) is 28.4 Å². The van der Waals surface area contributed by atoms with E-state index in [2.05, 4.69) is 26.2 Å². The zero-order chi connectivity index (χ0) is 11.3. The van der Waals surface area contributed by atoms with Crippen LogP contribution in [0.25, 0.3) is 0 Å². The predicted molar refractivity (Wildman–Crippen MR) is 59.3 cm³/mol. The summed E-state index contributed by atoms with van der Waals surface area (Å²) in [6.07, 6.45) is 2.52. The first-order valence-electron chi connectivity index (χ1n) is 4.50. The number of primary amides is 1. The molecule has 0 aliphatic heterocycles. The summed E-state index contributed by atoms with van der Waals surface area (Å²) < 4.78 is 0.824.